The van der Waals surface area contributed by atoms with E-state index in [0.717, 1.165) is 22.3 Å². The van der Waals surface area contributed by atoms with Crippen LogP contribution in [0.5, 0.6) is 0 Å². The molecule has 1 fully saturated rings. The van der Waals surface area contributed by atoms with Crippen molar-refractivity contribution >= 4 is 22.9 Å². The Bertz CT molecular complexity index is 1440. The van der Waals surface area contributed by atoms with Crippen LogP contribution in [0.1, 0.15) is 5.56 Å². The van der Waals surface area contributed by atoms with Gasteiger partial charge in [-0.15, -0.1) is 0 Å². The molecule has 0 N–H and O–H groups in total. The van der Waals surface area contributed by atoms with Gasteiger partial charge < -0.3 is 9.80 Å². The molecule has 0 bridgehead atoms. The maximum atomic E-state index is 13.3. The summed E-state index contributed by atoms with van der Waals surface area (Å²) in [6, 6.07) is 13.8. The van der Waals surface area contributed by atoms with E-state index in [-0.39, 0.29) is 0 Å². The number of amides is 1. The van der Waals surface area contributed by atoms with Crippen molar-refractivity contribution in [1.29, 1.82) is 0 Å². The van der Waals surface area contributed by atoms with E-state index in [1.807, 2.05) is 35.2 Å². The van der Waals surface area contributed by atoms with Crippen molar-refractivity contribution in [3.05, 3.63) is 76.8 Å². The first kappa shape index (κ1) is 22.6. The van der Waals surface area contributed by atoms with Gasteiger partial charge >= 0.3 is 17.9 Å². The Morgan fingerprint density at radius 3 is 2.23 bits per heavy atom. The lowest BCUT2D eigenvalue weighted by atomic mass is 10.1. The zero-order valence-corrected chi connectivity index (χ0v) is 18.7. The number of aromatic nitrogens is 4. The highest BCUT2D eigenvalue weighted by atomic mass is 19.4. The van der Waals surface area contributed by atoms with E-state index in [2.05, 4.69) is 9.97 Å². The highest BCUT2D eigenvalue weighted by molar-refractivity contribution is 5.88. The average Bonchev–Trinajstić information content (AvgIpc) is 3.13. The average molecular weight is 482 g/mol. The summed E-state index contributed by atoms with van der Waals surface area (Å²) in [4.78, 5) is 38.5. The molecule has 0 spiro atoms. The minimum atomic E-state index is -4.39. The zero-order chi connectivity index (χ0) is 24.7. The summed E-state index contributed by atoms with van der Waals surface area (Å²) < 4.78 is 40.8. The number of piperazine rings is 1. The number of nitrogens with zero attached hydrogens (tertiary/aromatic N) is 6. The number of carbonyl (C=O) groups is 1. The summed E-state index contributed by atoms with van der Waals surface area (Å²) in [7, 11) is 1.55. The lowest BCUT2D eigenvalue weighted by Crippen LogP contribution is -2.51. The molecule has 1 aliphatic rings. The molecule has 0 saturated carbocycles. The smallest absolute Gasteiger partial charge is 0.368 e. The first-order valence-corrected chi connectivity index (χ1v) is 11.0. The third-order valence-corrected chi connectivity index (χ3v) is 6.12. The molecule has 5 rings (SSSR count). The minimum absolute atomic E-state index is 0.311. The normalized spacial score (nSPS) is 14.5. The van der Waals surface area contributed by atoms with Gasteiger partial charge in [-0.2, -0.15) is 13.2 Å². The molecule has 3 heterocycles. The number of fused-ring (bicyclic) bond motifs is 1. The minimum Gasteiger partial charge on any atom is -0.368 e. The predicted octanol–water partition coefficient (Wildman–Crippen LogP) is 3.61. The Balaban J connectivity index is 1.35. The van der Waals surface area contributed by atoms with Gasteiger partial charge in [0, 0.05) is 44.5 Å². The van der Waals surface area contributed by atoms with Gasteiger partial charge in [0.15, 0.2) is 11.5 Å². The maximum absolute atomic E-state index is 13.3. The highest BCUT2D eigenvalue weighted by Gasteiger charge is 2.31. The van der Waals surface area contributed by atoms with Crippen LogP contribution in [-0.4, -0.2) is 56.2 Å². The van der Waals surface area contributed by atoms with Crippen LogP contribution in [0.4, 0.5) is 23.7 Å². The number of hydrogen-bond donors (Lipinski definition) is 0. The van der Waals surface area contributed by atoms with Crippen LogP contribution in [0.3, 0.4) is 0 Å². The Labute approximate surface area is 197 Å². The SMILES string of the molecule is Cn1c(=O)n(C(=O)N2CCN(c3ccc(C(F)(F)F)cc3)CC2)c2cnc(-c3ccccc3)nc21. The van der Waals surface area contributed by atoms with Gasteiger partial charge in [0.1, 0.15) is 5.52 Å². The molecular weight excluding hydrogens is 461 g/mol. The molecule has 0 atom stereocenters. The number of aryl methyl sites for hydroxylation is 1. The molecule has 8 nitrogen and oxygen atoms in total. The van der Waals surface area contributed by atoms with Gasteiger partial charge in [-0.1, -0.05) is 30.3 Å². The molecule has 1 saturated heterocycles. The number of carbonyl (C=O) groups excluding carboxylic acids is 1. The van der Waals surface area contributed by atoms with E-state index in [9.17, 15) is 22.8 Å². The van der Waals surface area contributed by atoms with Crippen molar-refractivity contribution in [2.75, 3.05) is 31.1 Å². The topological polar surface area (TPSA) is 76.3 Å². The molecule has 0 radical (unpaired) electrons. The predicted molar refractivity (Wildman–Crippen MR) is 124 cm³/mol. The Morgan fingerprint density at radius 1 is 0.943 bits per heavy atom. The lowest BCUT2D eigenvalue weighted by Gasteiger charge is -2.36. The second-order valence-corrected chi connectivity index (χ2v) is 8.25. The van der Waals surface area contributed by atoms with Crippen LogP contribution in [0.2, 0.25) is 0 Å². The number of anilines is 1. The summed E-state index contributed by atoms with van der Waals surface area (Å²) in [5, 5.41) is 0. The molecule has 0 unspecified atom stereocenters. The standard InChI is InChI=1S/C24H21F3N6O2/c1-30-21-19(15-28-20(29-21)16-5-3-2-4-6-16)33(22(30)34)23(35)32-13-11-31(12-14-32)18-9-7-17(8-10-18)24(25,26)27/h2-10,15H,11-14H2,1H3. The maximum Gasteiger partial charge on any atom is 0.416 e. The highest BCUT2D eigenvalue weighted by Crippen LogP contribution is 2.30. The number of benzene rings is 2. The van der Waals surface area contributed by atoms with Crippen LogP contribution in [0, 0.1) is 0 Å². The quantitative estimate of drug-likeness (QED) is 0.436. The monoisotopic (exact) mass is 482 g/mol. The van der Waals surface area contributed by atoms with Gasteiger partial charge in [-0.05, 0) is 24.3 Å². The van der Waals surface area contributed by atoms with Crippen molar-refractivity contribution in [3.63, 3.8) is 0 Å². The first-order chi connectivity index (χ1) is 16.7. The second kappa shape index (κ2) is 8.57. The molecule has 4 aromatic rings. The molecule has 2 aromatic carbocycles. The summed E-state index contributed by atoms with van der Waals surface area (Å²) in [5.74, 6) is 0.448. The van der Waals surface area contributed by atoms with Crippen molar-refractivity contribution < 1.29 is 18.0 Å². The number of halogens is 3. The Hall–Kier alpha value is -4.15. The van der Waals surface area contributed by atoms with Crippen LogP contribution in [0.25, 0.3) is 22.6 Å². The van der Waals surface area contributed by atoms with Gasteiger partial charge in [0.2, 0.25) is 0 Å². The van der Waals surface area contributed by atoms with E-state index in [0.29, 0.717) is 48.9 Å². The molecule has 0 aliphatic carbocycles. The number of imidazole rings is 1. The zero-order valence-electron chi connectivity index (χ0n) is 18.7. The van der Waals surface area contributed by atoms with Crippen LogP contribution in [-0.2, 0) is 13.2 Å². The fourth-order valence-corrected chi connectivity index (χ4v) is 4.18. The first-order valence-electron chi connectivity index (χ1n) is 11.0. The van der Waals surface area contributed by atoms with Crippen LogP contribution in [0.15, 0.2) is 65.6 Å². The van der Waals surface area contributed by atoms with Gasteiger partial charge in [0.05, 0.1) is 11.8 Å². The summed E-state index contributed by atoms with van der Waals surface area (Å²) in [5.41, 5.74) is 0.875. The van der Waals surface area contributed by atoms with E-state index in [4.69, 9.17) is 0 Å². The number of hydrogen-bond acceptors (Lipinski definition) is 5. The lowest BCUT2D eigenvalue weighted by molar-refractivity contribution is -0.137. The summed E-state index contributed by atoms with van der Waals surface area (Å²) in [6.07, 6.45) is -2.91. The molecule has 35 heavy (non-hydrogen) atoms. The van der Waals surface area contributed by atoms with Crippen molar-refractivity contribution in [2.24, 2.45) is 7.05 Å². The van der Waals surface area contributed by atoms with E-state index in [1.54, 1.807) is 11.9 Å². The number of alkyl halides is 3. The molecular formula is C24H21F3N6O2. The van der Waals surface area contributed by atoms with E-state index in [1.165, 1.54) is 22.9 Å². The van der Waals surface area contributed by atoms with Gasteiger partial charge in [-0.3, -0.25) is 4.57 Å². The van der Waals surface area contributed by atoms with Crippen molar-refractivity contribution in [3.8, 4) is 11.4 Å². The molecule has 11 heteroatoms. The second-order valence-electron chi connectivity index (χ2n) is 8.25. The van der Waals surface area contributed by atoms with E-state index < -0.39 is 23.5 Å². The molecule has 180 valence electrons. The third-order valence-electron chi connectivity index (χ3n) is 6.12. The molecule has 2 aromatic heterocycles. The van der Waals surface area contributed by atoms with Gasteiger partial charge in [0.25, 0.3) is 0 Å². The Kier molecular flexibility index (Phi) is 5.54. The van der Waals surface area contributed by atoms with Crippen LogP contribution >= 0.6 is 0 Å². The third kappa shape index (κ3) is 4.13. The van der Waals surface area contributed by atoms with Crippen LogP contribution < -0.4 is 10.6 Å². The fourth-order valence-electron chi connectivity index (χ4n) is 4.18. The largest absolute Gasteiger partial charge is 0.416 e. The van der Waals surface area contributed by atoms with Gasteiger partial charge in [-0.25, -0.2) is 24.1 Å². The number of rotatable bonds is 2. The molecule has 1 amide bonds. The fraction of sp³-hybridized carbons (Fsp3) is 0.250. The summed E-state index contributed by atoms with van der Waals surface area (Å²) >= 11 is 0. The Morgan fingerprint density at radius 2 is 1.60 bits per heavy atom. The molecule has 1 aliphatic heterocycles. The summed E-state index contributed by atoms with van der Waals surface area (Å²) in [6.45, 7) is 1.47. The van der Waals surface area contributed by atoms with Crippen molar-refractivity contribution in [2.45, 2.75) is 6.18 Å². The van der Waals surface area contributed by atoms with E-state index >= 15 is 0 Å². The van der Waals surface area contributed by atoms with Crippen molar-refractivity contribution in [1.82, 2.24) is 24.0 Å².